The maximum Gasteiger partial charge on any atom is 0.287 e. The molecule has 0 atom stereocenters. The van der Waals surface area contributed by atoms with Crippen molar-refractivity contribution < 1.29 is 9.21 Å². The van der Waals surface area contributed by atoms with Crippen LogP contribution in [-0.4, -0.2) is 18.2 Å². The highest BCUT2D eigenvalue weighted by molar-refractivity contribution is 9.10. The number of halogens is 1. The smallest absolute Gasteiger partial charge is 0.287 e. The Morgan fingerprint density at radius 3 is 2.92 bits per heavy atom. The highest BCUT2D eigenvalue weighted by Gasteiger charge is 2.12. The molecule has 1 aromatic heterocycles. The molecule has 126 valence electrons. The lowest BCUT2D eigenvalue weighted by Crippen LogP contribution is -2.25. The number of benzene rings is 2. The van der Waals surface area contributed by atoms with Gasteiger partial charge in [0.05, 0.1) is 11.6 Å². The second-order valence-corrected chi connectivity index (χ2v) is 7.39. The fraction of sp³-hybridized carbons (Fsp3) is 0.158. The van der Waals surface area contributed by atoms with Crippen LogP contribution < -0.4 is 5.32 Å². The van der Waals surface area contributed by atoms with Crippen molar-refractivity contribution in [1.29, 1.82) is 5.26 Å². The van der Waals surface area contributed by atoms with Gasteiger partial charge in [-0.05, 0) is 35.9 Å². The summed E-state index contributed by atoms with van der Waals surface area (Å²) in [6, 6.07) is 17.1. The number of nitrogens with zero attached hydrogens (tertiary/aromatic N) is 1. The number of nitrogens with one attached hydrogen (secondary N) is 1. The van der Waals surface area contributed by atoms with Gasteiger partial charge in [0, 0.05) is 27.9 Å². The molecule has 0 saturated carbocycles. The summed E-state index contributed by atoms with van der Waals surface area (Å²) in [4.78, 5) is 12.2. The van der Waals surface area contributed by atoms with Gasteiger partial charge in [0.15, 0.2) is 5.76 Å². The number of thioether (sulfide) groups is 1. The third kappa shape index (κ3) is 4.44. The normalized spacial score (nSPS) is 10.6. The van der Waals surface area contributed by atoms with Crippen LogP contribution in [0.4, 0.5) is 0 Å². The highest BCUT2D eigenvalue weighted by Crippen LogP contribution is 2.23. The summed E-state index contributed by atoms with van der Waals surface area (Å²) in [7, 11) is 0. The summed E-state index contributed by atoms with van der Waals surface area (Å²) < 4.78 is 6.51. The molecule has 1 N–H and O–H groups in total. The molecule has 0 unspecified atom stereocenters. The predicted octanol–water partition coefficient (Wildman–Crippen LogP) is 4.73. The molecular weight excluding hydrogens is 400 g/mol. The summed E-state index contributed by atoms with van der Waals surface area (Å²) in [5.74, 6) is 1.61. The van der Waals surface area contributed by atoms with E-state index in [0.29, 0.717) is 23.5 Å². The van der Waals surface area contributed by atoms with Crippen LogP contribution >= 0.6 is 27.7 Å². The first kappa shape index (κ1) is 17.6. The summed E-state index contributed by atoms with van der Waals surface area (Å²) in [6.45, 7) is 0.541. The van der Waals surface area contributed by atoms with E-state index in [1.807, 2.05) is 42.5 Å². The number of rotatable bonds is 6. The number of carbonyl (C=O) groups is 1. The van der Waals surface area contributed by atoms with E-state index in [9.17, 15) is 4.79 Å². The minimum Gasteiger partial charge on any atom is -0.451 e. The molecule has 4 nitrogen and oxygen atoms in total. The highest BCUT2D eigenvalue weighted by atomic mass is 79.9. The van der Waals surface area contributed by atoms with E-state index >= 15 is 0 Å². The SMILES string of the molecule is N#Cc1ccccc1CSCCNC(=O)c1cc2cc(Br)ccc2o1. The minimum atomic E-state index is -0.217. The average molecular weight is 415 g/mol. The largest absolute Gasteiger partial charge is 0.451 e. The number of fused-ring (bicyclic) bond motifs is 1. The van der Waals surface area contributed by atoms with E-state index in [1.165, 1.54) is 0 Å². The fourth-order valence-electron chi connectivity index (χ4n) is 2.39. The van der Waals surface area contributed by atoms with Gasteiger partial charge in [0.1, 0.15) is 5.58 Å². The van der Waals surface area contributed by atoms with Crippen molar-refractivity contribution in [2.75, 3.05) is 12.3 Å². The minimum absolute atomic E-state index is 0.217. The first-order valence-electron chi connectivity index (χ1n) is 7.70. The van der Waals surface area contributed by atoms with Crippen LogP contribution in [0, 0.1) is 11.3 Å². The van der Waals surface area contributed by atoms with Gasteiger partial charge in [-0.3, -0.25) is 4.79 Å². The average Bonchev–Trinajstić information content (AvgIpc) is 3.05. The Bertz CT molecular complexity index is 946. The van der Waals surface area contributed by atoms with Crippen molar-refractivity contribution in [1.82, 2.24) is 5.32 Å². The molecule has 6 heteroatoms. The number of hydrogen-bond acceptors (Lipinski definition) is 4. The lowest BCUT2D eigenvalue weighted by Gasteiger charge is -2.05. The molecule has 0 fully saturated rings. The van der Waals surface area contributed by atoms with E-state index in [1.54, 1.807) is 17.8 Å². The van der Waals surface area contributed by atoms with Crippen LogP contribution in [0.15, 0.2) is 57.4 Å². The first-order chi connectivity index (χ1) is 12.2. The van der Waals surface area contributed by atoms with Crippen LogP contribution in [0.5, 0.6) is 0 Å². The van der Waals surface area contributed by atoms with Gasteiger partial charge in [-0.25, -0.2) is 0 Å². The van der Waals surface area contributed by atoms with Gasteiger partial charge in [-0.15, -0.1) is 0 Å². The van der Waals surface area contributed by atoms with Crippen LogP contribution in [0.1, 0.15) is 21.7 Å². The second kappa shape index (κ2) is 8.24. The zero-order valence-electron chi connectivity index (χ0n) is 13.3. The summed E-state index contributed by atoms with van der Waals surface area (Å²) in [5.41, 5.74) is 2.41. The van der Waals surface area contributed by atoms with Gasteiger partial charge < -0.3 is 9.73 Å². The Morgan fingerprint density at radius 2 is 2.08 bits per heavy atom. The van der Waals surface area contributed by atoms with Crippen molar-refractivity contribution in [2.24, 2.45) is 0 Å². The van der Waals surface area contributed by atoms with Gasteiger partial charge in [0.25, 0.3) is 5.91 Å². The molecular formula is C19H15BrN2O2S. The van der Waals surface area contributed by atoms with Crippen molar-refractivity contribution in [3.05, 3.63) is 69.9 Å². The standard InChI is InChI=1S/C19H15BrN2O2S/c20-16-5-6-17-15(9-16)10-18(24-17)19(23)22-7-8-25-12-14-4-2-1-3-13(14)11-21/h1-6,9-10H,7-8,12H2,(H,22,23). The Labute approximate surface area is 158 Å². The zero-order valence-corrected chi connectivity index (χ0v) is 15.7. The Balaban J connectivity index is 1.48. The maximum atomic E-state index is 12.2. The van der Waals surface area contributed by atoms with Crippen molar-refractivity contribution >= 4 is 44.6 Å². The Kier molecular flexibility index (Phi) is 5.79. The molecule has 1 amide bonds. The topological polar surface area (TPSA) is 66.0 Å². The summed E-state index contributed by atoms with van der Waals surface area (Å²) in [5, 5.41) is 12.8. The van der Waals surface area contributed by atoms with Crippen LogP contribution in [-0.2, 0) is 5.75 Å². The molecule has 0 radical (unpaired) electrons. The van der Waals surface area contributed by atoms with E-state index in [2.05, 4.69) is 27.3 Å². The number of hydrogen-bond donors (Lipinski definition) is 1. The van der Waals surface area contributed by atoms with E-state index in [0.717, 1.165) is 26.9 Å². The van der Waals surface area contributed by atoms with E-state index < -0.39 is 0 Å². The Hall–Kier alpha value is -2.23. The van der Waals surface area contributed by atoms with Gasteiger partial charge >= 0.3 is 0 Å². The monoisotopic (exact) mass is 414 g/mol. The number of carbonyl (C=O) groups excluding carboxylic acids is 1. The van der Waals surface area contributed by atoms with Crippen molar-refractivity contribution in [2.45, 2.75) is 5.75 Å². The Morgan fingerprint density at radius 1 is 1.24 bits per heavy atom. The van der Waals surface area contributed by atoms with Crippen molar-refractivity contribution in [3.8, 4) is 6.07 Å². The zero-order chi connectivity index (χ0) is 17.6. The molecule has 0 aliphatic carbocycles. The van der Waals surface area contributed by atoms with E-state index in [4.69, 9.17) is 9.68 Å². The molecule has 0 aliphatic heterocycles. The summed E-state index contributed by atoms with van der Waals surface area (Å²) in [6.07, 6.45) is 0. The van der Waals surface area contributed by atoms with Crippen LogP contribution in [0.3, 0.4) is 0 Å². The molecule has 3 aromatic rings. The number of nitriles is 1. The predicted molar refractivity (Wildman–Crippen MR) is 104 cm³/mol. The molecule has 0 saturated heterocycles. The molecule has 0 aliphatic rings. The lowest BCUT2D eigenvalue weighted by molar-refractivity contribution is 0.0930. The lowest BCUT2D eigenvalue weighted by atomic mass is 10.1. The molecule has 3 rings (SSSR count). The third-order valence-corrected chi connectivity index (χ3v) is 5.13. The van der Waals surface area contributed by atoms with Crippen LogP contribution in [0.2, 0.25) is 0 Å². The number of furan rings is 1. The van der Waals surface area contributed by atoms with E-state index in [-0.39, 0.29) is 5.91 Å². The first-order valence-corrected chi connectivity index (χ1v) is 9.65. The molecule has 0 bridgehead atoms. The molecule has 2 aromatic carbocycles. The molecule has 25 heavy (non-hydrogen) atoms. The van der Waals surface area contributed by atoms with Gasteiger partial charge in [-0.1, -0.05) is 34.1 Å². The van der Waals surface area contributed by atoms with Gasteiger partial charge in [-0.2, -0.15) is 17.0 Å². The van der Waals surface area contributed by atoms with Crippen molar-refractivity contribution in [3.63, 3.8) is 0 Å². The van der Waals surface area contributed by atoms with Crippen LogP contribution in [0.25, 0.3) is 11.0 Å². The third-order valence-electron chi connectivity index (χ3n) is 3.63. The number of amides is 1. The second-order valence-electron chi connectivity index (χ2n) is 5.37. The molecule has 1 heterocycles. The maximum absolute atomic E-state index is 12.2. The quantitative estimate of drug-likeness (QED) is 0.591. The molecule has 0 spiro atoms. The van der Waals surface area contributed by atoms with Gasteiger partial charge in [0.2, 0.25) is 0 Å². The fourth-order valence-corrected chi connectivity index (χ4v) is 3.63. The summed E-state index contributed by atoms with van der Waals surface area (Å²) >= 11 is 5.08.